The third-order valence-electron chi connectivity index (χ3n) is 6.14. The predicted molar refractivity (Wildman–Crippen MR) is 102 cm³/mol. The highest BCUT2D eigenvalue weighted by Gasteiger charge is 2.36. The van der Waals surface area contributed by atoms with Crippen molar-refractivity contribution in [1.82, 2.24) is 14.9 Å². The molecule has 2 aliphatic heterocycles. The summed E-state index contributed by atoms with van der Waals surface area (Å²) in [5.74, 6) is 0. The van der Waals surface area contributed by atoms with Crippen molar-refractivity contribution in [3.8, 4) is 0 Å². The van der Waals surface area contributed by atoms with Crippen molar-refractivity contribution in [2.45, 2.75) is 57.4 Å². The molecule has 2 aromatic heterocycles. The number of alkyl halides is 3. The molecule has 5 rings (SSSR count). The second kappa shape index (κ2) is 6.34. The number of hydrogen-bond donors (Lipinski definition) is 1. The van der Waals surface area contributed by atoms with Gasteiger partial charge in [0.05, 0.1) is 0 Å². The molecule has 3 nitrogen and oxygen atoms in total. The normalized spacial score (nSPS) is 21.3. The molecule has 3 aromatic rings. The first-order valence-electron chi connectivity index (χ1n) is 9.80. The van der Waals surface area contributed by atoms with E-state index in [0.29, 0.717) is 18.5 Å². The first-order chi connectivity index (χ1) is 13.4. The lowest BCUT2D eigenvalue weighted by Crippen LogP contribution is -2.32. The van der Waals surface area contributed by atoms with Crippen LogP contribution >= 0.6 is 0 Å². The summed E-state index contributed by atoms with van der Waals surface area (Å²) in [6.45, 7) is 2.87. The highest BCUT2D eigenvalue weighted by Crippen LogP contribution is 2.42. The second-order valence-electron chi connectivity index (χ2n) is 8.03. The summed E-state index contributed by atoms with van der Waals surface area (Å²) >= 11 is 0. The first kappa shape index (κ1) is 17.7. The molecule has 1 saturated heterocycles. The molecule has 28 heavy (non-hydrogen) atoms. The van der Waals surface area contributed by atoms with Crippen LogP contribution in [0, 0.1) is 6.92 Å². The van der Waals surface area contributed by atoms with Crippen molar-refractivity contribution in [2.24, 2.45) is 0 Å². The summed E-state index contributed by atoms with van der Waals surface area (Å²) < 4.78 is 40.6. The Morgan fingerprint density at radius 3 is 2.79 bits per heavy atom. The van der Waals surface area contributed by atoms with Crippen LogP contribution in [0.2, 0.25) is 0 Å². The van der Waals surface area contributed by atoms with E-state index >= 15 is 0 Å². The molecule has 4 heterocycles. The van der Waals surface area contributed by atoms with Gasteiger partial charge in [-0.05, 0) is 55.5 Å². The van der Waals surface area contributed by atoms with E-state index in [9.17, 15) is 13.2 Å². The molecule has 0 amide bonds. The average molecular weight is 385 g/mol. The van der Waals surface area contributed by atoms with Crippen molar-refractivity contribution in [1.29, 1.82) is 0 Å². The van der Waals surface area contributed by atoms with Crippen molar-refractivity contribution < 1.29 is 13.2 Å². The SMILES string of the molecule is Cc1ccc2c(c1)c1c(n2CCc2ccc(C(F)(F)F)nc2)CC2CCC1N2. The zero-order chi connectivity index (χ0) is 19.5. The Balaban J connectivity index is 1.49. The number of rotatable bonds is 3. The van der Waals surface area contributed by atoms with Gasteiger partial charge in [-0.1, -0.05) is 17.7 Å². The largest absolute Gasteiger partial charge is 0.433 e. The summed E-state index contributed by atoms with van der Waals surface area (Å²) in [4.78, 5) is 3.60. The monoisotopic (exact) mass is 385 g/mol. The number of aryl methyl sites for hydroxylation is 3. The van der Waals surface area contributed by atoms with Crippen LogP contribution < -0.4 is 5.32 Å². The number of halogens is 3. The van der Waals surface area contributed by atoms with Crippen LogP contribution in [-0.4, -0.2) is 15.6 Å². The number of benzene rings is 1. The van der Waals surface area contributed by atoms with Gasteiger partial charge in [-0.15, -0.1) is 0 Å². The quantitative estimate of drug-likeness (QED) is 0.691. The molecular formula is C22H22F3N3. The van der Waals surface area contributed by atoms with Gasteiger partial charge in [0.15, 0.2) is 0 Å². The fraction of sp³-hybridized carbons (Fsp3) is 0.409. The van der Waals surface area contributed by atoms with Crippen LogP contribution in [0.25, 0.3) is 10.9 Å². The van der Waals surface area contributed by atoms with Gasteiger partial charge in [0, 0.05) is 47.8 Å². The molecule has 2 unspecified atom stereocenters. The number of fused-ring (bicyclic) bond motifs is 6. The molecule has 0 radical (unpaired) electrons. The highest BCUT2D eigenvalue weighted by molar-refractivity contribution is 5.87. The van der Waals surface area contributed by atoms with E-state index in [1.54, 1.807) is 6.07 Å². The number of pyridine rings is 1. The first-order valence-corrected chi connectivity index (χ1v) is 9.80. The Kier molecular flexibility index (Phi) is 4.02. The summed E-state index contributed by atoms with van der Waals surface area (Å²) in [6, 6.07) is 10.2. The standard InChI is InChI=1S/C22H22F3N3/c1-13-2-6-18-16(10-13)21-17-5-4-15(27-17)11-19(21)28(18)9-8-14-3-7-20(26-12-14)22(23,24)25/h2-3,6-7,10,12,15,17,27H,4-5,8-9,11H2,1H3. The molecule has 2 atom stereocenters. The topological polar surface area (TPSA) is 29.9 Å². The molecule has 6 heteroatoms. The Labute approximate surface area is 161 Å². The molecule has 0 aliphatic carbocycles. The smallest absolute Gasteiger partial charge is 0.344 e. The van der Waals surface area contributed by atoms with Gasteiger partial charge >= 0.3 is 6.18 Å². The molecule has 2 bridgehead atoms. The molecule has 1 N–H and O–H groups in total. The fourth-order valence-corrected chi connectivity index (χ4v) is 4.83. The Hall–Kier alpha value is -2.34. The van der Waals surface area contributed by atoms with Crippen LogP contribution in [0.5, 0.6) is 0 Å². The van der Waals surface area contributed by atoms with Gasteiger partial charge in [-0.25, -0.2) is 0 Å². The predicted octanol–water partition coefficient (Wildman–Crippen LogP) is 4.96. The minimum atomic E-state index is -4.39. The number of aromatic nitrogens is 2. The molecule has 146 valence electrons. The lowest BCUT2D eigenvalue weighted by atomic mass is 9.98. The zero-order valence-electron chi connectivity index (χ0n) is 15.7. The third kappa shape index (κ3) is 2.91. The maximum atomic E-state index is 12.7. The highest BCUT2D eigenvalue weighted by atomic mass is 19.4. The number of nitrogens with one attached hydrogen (secondary N) is 1. The van der Waals surface area contributed by atoms with Crippen LogP contribution in [0.1, 0.15) is 47.0 Å². The Morgan fingerprint density at radius 2 is 2.04 bits per heavy atom. The van der Waals surface area contributed by atoms with Crippen molar-refractivity contribution >= 4 is 10.9 Å². The third-order valence-corrected chi connectivity index (χ3v) is 6.14. The van der Waals surface area contributed by atoms with E-state index in [1.165, 1.54) is 46.8 Å². The van der Waals surface area contributed by atoms with Crippen molar-refractivity contribution in [3.05, 3.63) is 64.6 Å². The van der Waals surface area contributed by atoms with Gasteiger partial charge in [0.25, 0.3) is 0 Å². The maximum Gasteiger partial charge on any atom is 0.433 e. The van der Waals surface area contributed by atoms with Crippen LogP contribution in [0.3, 0.4) is 0 Å². The van der Waals surface area contributed by atoms with Gasteiger partial charge in [-0.2, -0.15) is 13.2 Å². The lowest BCUT2D eigenvalue weighted by Gasteiger charge is -2.24. The number of nitrogens with zero attached hydrogens (tertiary/aromatic N) is 2. The molecule has 2 aliphatic rings. The Morgan fingerprint density at radius 1 is 1.18 bits per heavy atom. The van der Waals surface area contributed by atoms with Crippen molar-refractivity contribution in [2.75, 3.05) is 0 Å². The minimum Gasteiger partial charge on any atom is -0.344 e. The molecule has 0 saturated carbocycles. The second-order valence-corrected chi connectivity index (χ2v) is 8.03. The summed E-state index contributed by atoms with van der Waals surface area (Å²) in [7, 11) is 0. The maximum absolute atomic E-state index is 12.7. The number of hydrogen-bond acceptors (Lipinski definition) is 2. The average Bonchev–Trinajstić information content (AvgIpc) is 3.18. The van der Waals surface area contributed by atoms with Gasteiger partial charge in [0.2, 0.25) is 0 Å². The molecule has 1 aromatic carbocycles. The molecule has 1 fully saturated rings. The van der Waals surface area contributed by atoms with Gasteiger partial charge < -0.3 is 9.88 Å². The van der Waals surface area contributed by atoms with Gasteiger partial charge in [-0.3, -0.25) is 4.98 Å². The summed E-state index contributed by atoms with van der Waals surface area (Å²) in [5.41, 5.74) is 5.29. The minimum absolute atomic E-state index is 0.423. The van der Waals surface area contributed by atoms with E-state index in [-0.39, 0.29) is 0 Å². The molecule has 0 spiro atoms. The van der Waals surface area contributed by atoms with E-state index in [1.807, 2.05) is 0 Å². The van der Waals surface area contributed by atoms with Crippen LogP contribution in [-0.2, 0) is 25.6 Å². The van der Waals surface area contributed by atoms with Crippen LogP contribution in [0.15, 0.2) is 36.5 Å². The summed E-state index contributed by atoms with van der Waals surface area (Å²) in [6.07, 6.45) is 1.03. The fourth-order valence-electron chi connectivity index (χ4n) is 4.83. The van der Waals surface area contributed by atoms with E-state index in [0.717, 1.165) is 24.6 Å². The lowest BCUT2D eigenvalue weighted by molar-refractivity contribution is -0.141. The Bertz CT molecular complexity index is 1030. The van der Waals surface area contributed by atoms with E-state index in [4.69, 9.17) is 0 Å². The summed E-state index contributed by atoms with van der Waals surface area (Å²) in [5, 5.41) is 5.05. The van der Waals surface area contributed by atoms with E-state index in [2.05, 4.69) is 40.0 Å². The van der Waals surface area contributed by atoms with Crippen LogP contribution in [0.4, 0.5) is 13.2 Å². The zero-order valence-corrected chi connectivity index (χ0v) is 15.7. The van der Waals surface area contributed by atoms with Gasteiger partial charge in [0.1, 0.15) is 5.69 Å². The van der Waals surface area contributed by atoms with E-state index < -0.39 is 11.9 Å². The van der Waals surface area contributed by atoms with Crippen molar-refractivity contribution in [3.63, 3.8) is 0 Å². The molecular weight excluding hydrogens is 363 g/mol.